The number of aromatic nitrogens is 4. The highest BCUT2D eigenvalue weighted by atomic mass is 35.5. The number of fused-ring (bicyclic) bond motifs is 5. The van der Waals surface area contributed by atoms with Gasteiger partial charge in [-0.1, -0.05) is 0 Å². The Labute approximate surface area is 184 Å². The zero-order valence-electron chi connectivity index (χ0n) is 16.3. The van der Waals surface area contributed by atoms with E-state index in [2.05, 4.69) is 30.0 Å². The minimum atomic E-state index is -3.02. The molecule has 4 heterocycles. The van der Waals surface area contributed by atoms with Crippen LogP contribution >= 0.6 is 11.6 Å². The molecule has 0 bridgehead atoms. The average Bonchev–Trinajstić information content (AvgIpc) is 3.14. The molecule has 3 aromatic rings. The number of hydrogen-bond donors (Lipinski definition) is 2. The van der Waals surface area contributed by atoms with E-state index in [1.165, 1.54) is 6.20 Å². The minimum absolute atomic E-state index is 0.0429. The molecule has 32 heavy (non-hydrogen) atoms. The van der Waals surface area contributed by atoms with Crippen LogP contribution in [0.1, 0.15) is 32.7 Å². The molecule has 0 fully saturated rings. The largest absolute Gasteiger partial charge is 0.417 e. The van der Waals surface area contributed by atoms with E-state index < -0.39 is 24.9 Å². The van der Waals surface area contributed by atoms with Crippen molar-refractivity contribution in [1.82, 2.24) is 25.3 Å². The number of aryl methyl sites for hydroxylation is 1. The van der Waals surface area contributed by atoms with Gasteiger partial charge >= 0.3 is 6.61 Å². The number of carbonyl (C=O) groups excluding carboxylic acids is 1. The molecule has 1 aliphatic carbocycles. The number of carbonyl (C=O) groups is 1. The topological polar surface area (TPSA) is 102 Å². The Morgan fingerprint density at radius 1 is 1.12 bits per heavy atom. The van der Waals surface area contributed by atoms with Gasteiger partial charge in [-0.05, 0) is 35.6 Å². The Morgan fingerprint density at radius 2 is 1.97 bits per heavy atom. The number of nitrogens with zero attached hydrogens (tertiary/aromatic N) is 3. The third kappa shape index (κ3) is 3.56. The monoisotopic (exact) mass is 465 g/mol. The first-order valence-electron chi connectivity index (χ1n) is 9.71. The zero-order chi connectivity index (χ0) is 22.4. The summed E-state index contributed by atoms with van der Waals surface area (Å²) in [4.78, 5) is 27.1. The molecule has 0 saturated heterocycles. The molecule has 12 heteroatoms. The standard InChI is InChI=1S/C20H15ClF3N5O3/c21-19-27-6-9(7-31-20(23)24)17(29-19)32-18-14(22)12-8(5-26-18)1-2-10-13-11(28-15(10)12)3-4-25-16(13)30/h5-6,20,28H,1-4,7H2,(H,25,30). The smallest absolute Gasteiger partial charge is 0.345 e. The van der Waals surface area contributed by atoms with Crippen molar-refractivity contribution in [2.45, 2.75) is 32.5 Å². The van der Waals surface area contributed by atoms with Crippen LogP contribution in [0.5, 0.6) is 11.8 Å². The summed E-state index contributed by atoms with van der Waals surface area (Å²) in [5.74, 6) is -1.62. The molecule has 0 radical (unpaired) electrons. The van der Waals surface area contributed by atoms with E-state index in [9.17, 15) is 13.6 Å². The summed E-state index contributed by atoms with van der Waals surface area (Å²) >= 11 is 5.79. The number of ether oxygens (including phenoxy) is 2. The van der Waals surface area contributed by atoms with Crippen LogP contribution in [0.15, 0.2) is 12.4 Å². The Balaban J connectivity index is 1.55. The van der Waals surface area contributed by atoms with E-state index in [4.69, 9.17) is 16.3 Å². The van der Waals surface area contributed by atoms with E-state index in [-0.39, 0.29) is 28.2 Å². The lowest BCUT2D eigenvalue weighted by Gasteiger charge is -2.19. The number of rotatable bonds is 5. The summed E-state index contributed by atoms with van der Waals surface area (Å²) in [5.41, 5.74) is 3.54. The van der Waals surface area contributed by atoms with Crippen LogP contribution in [0, 0.1) is 5.82 Å². The van der Waals surface area contributed by atoms with Gasteiger partial charge in [0.25, 0.3) is 11.8 Å². The van der Waals surface area contributed by atoms with Gasteiger partial charge in [-0.2, -0.15) is 13.8 Å². The normalized spacial score (nSPS) is 14.6. The van der Waals surface area contributed by atoms with Gasteiger partial charge in [-0.3, -0.25) is 4.79 Å². The summed E-state index contributed by atoms with van der Waals surface area (Å²) in [7, 11) is 0. The first-order valence-corrected chi connectivity index (χ1v) is 10.1. The number of alkyl halides is 2. The van der Waals surface area contributed by atoms with Crippen molar-refractivity contribution in [2.24, 2.45) is 0 Å². The number of aromatic amines is 1. The Kier molecular flexibility index (Phi) is 5.22. The Hall–Kier alpha value is -3.18. The molecule has 8 nitrogen and oxygen atoms in total. The fourth-order valence-electron chi connectivity index (χ4n) is 4.01. The van der Waals surface area contributed by atoms with Gasteiger partial charge in [0.15, 0.2) is 5.82 Å². The van der Waals surface area contributed by atoms with Gasteiger partial charge in [0.1, 0.15) is 0 Å². The second-order valence-corrected chi connectivity index (χ2v) is 7.60. The molecule has 2 N–H and O–H groups in total. The minimum Gasteiger partial charge on any atom is -0.417 e. The van der Waals surface area contributed by atoms with Crippen molar-refractivity contribution in [3.05, 3.63) is 51.4 Å². The first kappa shape index (κ1) is 20.7. The molecule has 0 spiro atoms. The van der Waals surface area contributed by atoms with Crippen molar-refractivity contribution in [3.63, 3.8) is 0 Å². The highest BCUT2D eigenvalue weighted by Crippen LogP contribution is 2.41. The molecule has 0 atom stereocenters. The van der Waals surface area contributed by atoms with Crippen molar-refractivity contribution in [3.8, 4) is 23.0 Å². The highest BCUT2D eigenvalue weighted by Gasteiger charge is 2.32. The molecule has 1 aliphatic heterocycles. The fraction of sp³-hybridized carbons (Fsp3) is 0.300. The molecule has 5 rings (SSSR count). The molecule has 0 aromatic carbocycles. The third-order valence-corrected chi connectivity index (χ3v) is 5.56. The van der Waals surface area contributed by atoms with Crippen LogP contribution in [-0.4, -0.2) is 39.0 Å². The molecule has 2 aliphatic rings. The summed E-state index contributed by atoms with van der Waals surface area (Å²) in [6, 6.07) is 0. The van der Waals surface area contributed by atoms with E-state index in [0.717, 1.165) is 17.5 Å². The first-order chi connectivity index (χ1) is 15.4. The van der Waals surface area contributed by atoms with Crippen LogP contribution in [0.3, 0.4) is 0 Å². The molecule has 0 saturated carbocycles. The lowest BCUT2D eigenvalue weighted by atomic mass is 9.88. The molecule has 1 amide bonds. The van der Waals surface area contributed by atoms with E-state index in [1.54, 1.807) is 0 Å². The average molecular weight is 466 g/mol. The lowest BCUT2D eigenvalue weighted by Crippen LogP contribution is -2.32. The van der Waals surface area contributed by atoms with Gasteiger partial charge in [-0.15, -0.1) is 0 Å². The highest BCUT2D eigenvalue weighted by molar-refractivity contribution is 6.28. The van der Waals surface area contributed by atoms with Gasteiger partial charge in [0, 0.05) is 36.6 Å². The maximum absolute atomic E-state index is 15.6. The number of nitrogens with one attached hydrogen (secondary N) is 2. The predicted octanol–water partition coefficient (Wildman–Crippen LogP) is 3.58. The molecular formula is C20H15ClF3N5O3. The van der Waals surface area contributed by atoms with Crippen molar-refractivity contribution in [2.75, 3.05) is 6.54 Å². The Morgan fingerprint density at radius 3 is 2.78 bits per heavy atom. The second kappa shape index (κ2) is 8.06. The summed E-state index contributed by atoms with van der Waals surface area (Å²) in [5, 5.41) is 2.59. The van der Waals surface area contributed by atoms with E-state index in [0.29, 0.717) is 42.6 Å². The quantitative estimate of drug-likeness (QED) is 0.558. The van der Waals surface area contributed by atoms with E-state index in [1.807, 2.05) is 0 Å². The van der Waals surface area contributed by atoms with Crippen LogP contribution in [0.25, 0.3) is 11.3 Å². The van der Waals surface area contributed by atoms with Gasteiger partial charge in [-0.25, -0.2) is 14.4 Å². The van der Waals surface area contributed by atoms with Gasteiger partial charge < -0.3 is 19.8 Å². The van der Waals surface area contributed by atoms with Crippen molar-refractivity contribution in [1.29, 1.82) is 0 Å². The molecule has 0 unspecified atom stereocenters. The van der Waals surface area contributed by atoms with Crippen LogP contribution < -0.4 is 10.1 Å². The SMILES string of the molecule is O=C1NCCc2[nH]c3c(c21)CCc1cnc(Oc2nc(Cl)ncc2COC(F)F)c(F)c1-3. The van der Waals surface area contributed by atoms with Crippen LogP contribution in [-0.2, 0) is 30.6 Å². The fourth-order valence-corrected chi connectivity index (χ4v) is 4.13. The van der Waals surface area contributed by atoms with Gasteiger partial charge in [0.2, 0.25) is 11.2 Å². The predicted molar refractivity (Wildman–Crippen MR) is 105 cm³/mol. The maximum Gasteiger partial charge on any atom is 0.345 e. The number of pyridine rings is 1. The molecule has 166 valence electrons. The summed E-state index contributed by atoms with van der Waals surface area (Å²) in [6.45, 7) is -3.09. The van der Waals surface area contributed by atoms with Crippen LogP contribution in [0.2, 0.25) is 5.28 Å². The van der Waals surface area contributed by atoms with Crippen molar-refractivity contribution >= 4 is 17.5 Å². The van der Waals surface area contributed by atoms with E-state index >= 15 is 4.39 Å². The second-order valence-electron chi connectivity index (χ2n) is 7.26. The van der Waals surface area contributed by atoms with Crippen molar-refractivity contribution < 1.29 is 27.4 Å². The Bertz CT molecular complexity index is 1230. The summed E-state index contributed by atoms with van der Waals surface area (Å²) < 4.78 is 50.3. The number of amides is 1. The third-order valence-electron chi connectivity index (χ3n) is 5.38. The lowest BCUT2D eigenvalue weighted by molar-refractivity contribution is -0.137. The number of hydrogen-bond acceptors (Lipinski definition) is 6. The summed E-state index contributed by atoms with van der Waals surface area (Å²) in [6.07, 6.45) is 4.32. The van der Waals surface area contributed by atoms with Crippen LogP contribution in [0.4, 0.5) is 13.2 Å². The molecule has 3 aromatic heterocycles. The molecular weight excluding hydrogens is 451 g/mol. The maximum atomic E-state index is 15.6. The number of H-pyrrole nitrogens is 1. The number of halogens is 4. The zero-order valence-corrected chi connectivity index (χ0v) is 17.1. The van der Waals surface area contributed by atoms with Gasteiger partial charge in [0.05, 0.1) is 23.4 Å².